The van der Waals surface area contributed by atoms with E-state index in [4.69, 9.17) is 35.4 Å². The molecule has 29 heavy (non-hydrogen) atoms. The van der Waals surface area contributed by atoms with E-state index in [0.29, 0.717) is 37.6 Å². The van der Waals surface area contributed by atoms with Crippen LogP contribution in [-0.2, 0) is 16.7 Å². The third kappa shape index (κ3) is 4.29. The number of piperazine rings is 1. The van der Waals surface area contributed by atoms with Crippen LogP contribution in [0.1, 0.15) is 0 Å². The lowest BCUT2D eigenvalue weighted by Gasteiger charge is -2.34. The van der Waals surface area contributed by atoms with E-state index in [0.717, 1.165) is 10.7 Å². The summed E-state index contributed by atoms with van der Waals surface area (Å²) in [5.74, 6) is 0.736. The molecule has 3 aromatic rings. The highest BCUT2D eigenvalue weighted by atomic mass is 35.5. The van der Waals surface area contributed by atoms with Crippen molar-refractivity contribution < 1.29 is 8.42 Å². The molecular formula is C17H17Cl2N5O2S3. The number of sulfonamides is 1. The molecule has 0 unspecified atom stereocenters. The summed E-state index contributed by atoms with van der Waals surface area (Å²) >= 11 is 19.1. The van der Waals surface area contributed by atoms with Crippen LogP contribution in [-0.4, -0.2) is 58.6 Å². The molecule has 1 aromatic carbocycles. The van der Waals surface area contributed by atoms with Gasteiger partial charge in [0, 0.05) is 26.2 Å². The molecular weight excluding hydrogens is 473 g/mol. The van der Waals surface area contributed by atoms with Gasteiger partial charge < -0.3 is 0 Å². The average Bonchev–Trinajstić information content (AvgIpc) is 3.32. The molecule has 0 radical (unpaired) electrons. The summed E-state index contributed by atoms with van der Waals surface area (Å²) in [5, 5.41) is 5.46. The predicted octanol–water partition coefficient (Wildman–Crippen LogP) is 3.94. The van der Waals surface area contributed by atoms with Gasteiger partial charge in [0.25, 0.3) is 0 Å². The van der Waals surface area contributed by atoms with Gasteiger partial charge in [0.2, 0.25) is 14.8 Å². The fraction of sp³-hybridized carbons (Fsp3) is 0.294. The highest BCUT2D eigenvalue weighted by molar-refractivity contribution is 7.89. The van der Waals surface area contributed by atoms with Crippen molar-refractivity contribution in [3.05, 3.63) is 50.5 Å². The Balaban J connectivity index is 1.44. The largest absolute Gasteiger partial charge is 0.282 e. The minimum Gasteiger partial charge on any atom is -0.282 e. The van der Waals surface area contributed by atoms with Crippen molar-refractivity contribution in [1.82, 2.24) is 24.0 Å². The van der Waals surface area contributed by atoms with Gasteiger partial charge in [-0.05, 0) is 35.8 Å². The molecule has 12 heteroatoms. The number of nitrogens with zero attached hydrogens (tertiary/aromatic N) is 4. The van der Waals surface area contributed by atoms with Crippen molar-refractivity contribution >= 4 is 56.8 Å². The van der Waals surface area contributed by atoms with Gasteiger partial charge in [-0.1, -0.05) is 35.3 Å². The number of halogens is 2. The molecule has 1 aliphatic heterocycles. The maximum Gasteiger partial charge on any atom is 0.246 e. The van der Waals surface area contributed by atoms with E-state index < -0.39 is 10.0 Å². The van der Waals surface area contributed by atoms with Crippen molar-refractivity contribution in [3.8, 4) is 10.7 Å². The van der Waals surface area contributed by atoms with Crippen molar-refractivity contribution in [2.75, 3.05) is 26.2 Å². The van der Waals surface area contributed by atoms with Crippen LogP contribution in [0.5, 0.6) is 0 Å². The van der Waals surface area contributed by atoms with E-state index in [-0.39, 0.29) is 14.9 Å². The van der Waals surface area contributed by atoms with E-state index in [1.807, 2.05) is 17.5 Å². The molecule has 2 aromatic heterocycles. The Hall–Kier alpha value is -1.27. The van der Waals surface area contributed by atoms with E-state index in [1.54, 1.807) is 22.1 Å². The summed E-state index contributed by atoms with van der Waals surface area (Å²) in [5.41, 5.74) is 0. The van der Waals surface area contributed by atoms with Crippen LogP contribution >= 0.6 is 46.8 Å². The smallest absolute Gasteiger partial charge is 0.246 e. The molecule has 7 nitrogen and oxygen atoms in total. The zero-order valence-corrected chi connectivity index (χ0v) is 19.0. The molecule has 1 N–H and O–H groups in total. The summed E-state index contributed by atoms with van der Waals surface area (Å²) in [6.07, 6.45) is 0. The second-order valence-corrected chi connectivity index (χ2v) is 10.5. The number of aromatic amines is 1. The van der Waals surface area contributed by atoms with Crippen molar-refractivity contribution in [3.63, 3.8) is 0 Å². The summed E-state index contributed by atoms with van der Waals surface area (Å²) in [6, 6.07) is 8.62. The molecule has 1 aliphatic rings. The highest BCUT2D eigenvalue weighted by Gasteiger charge is 2.32. The first-order valence-corrected chi connectivity index (χ1v) is 12.2. The van der Waals surface area contributed by atoms with E-state index in [9.17, 15) is 8.42 Å². The molecule has 0 bridgehead atoms. The van der Waals surface area contributed by atoms with Crippen molar-refractivity contribution in [1.29, 1.82) is 0 Å². The number of hydrogen-bond donors (Lipinski definition) is 1. The molecule has 1 fully saturated rings. The number of H-pyrrole nitrogens is 1. The number of thiophene rings is 1. The van der Waals surface area contributed by atoms with Crippen LogP contribution in [0.4, 0.5) is 0 Å². The summed E-state index contributed by atoms with van der Waals surface area (Å²) in [7, 11) is -3.76. The number of benzene rings is 1. The Morgan fingerprint density at radius 1 is 1.10 bits per heavy atom. The quantitative estimate of drug-likeness (QED) is 0.549. The first kappa shape index (κ1) is 21.0. The number of aromatic nitrogens is 3. The lowest BCUT2D eigenvalue weighted by Crippen LogP contribution is -2.49. The molecule has 0 spiro atoms. The molecule has 4 rings (SSSR count). The topological polar surface area (TPSA) is 74.2 Å². The SMILES string of the molecule is O=S(=O)(c1c(Cl)cccc1Cl)N1CCN(Cn2[nH]c(-c3cccs3)nc2=S)CC1. The van der Waals surface area contributed by atoms with Crippen LogP contribution < -0.4 is 0 Å². The Labute approximate surface area is 187 Å². The van der Waals surface area contributed by atoms with Gasteiger partial charge in [-0.25, -0.2) is 13.1 Å². The summed E-state index contributed by atoms with van der Waals surface area (Å²) in [4.78, 5) is 7.50. The van der Waals surface area contributed by atoms with E-state index in [1.165, 1.54) is 16.4 Å². The van der Waals surface area contributed by atoms with Crippen LogP contribution in [0.15, 0.2) is 40.6 Å². The van der Waals surface area contributed by atoms with Crippen LogP contribution in [0.25, 0.3) is 10.7 Å². The standard InChI is InChI=1S/C17H17Cl2N5O2S3/c18-12-3-1-4-13(19)15(12)29(25,26)23-8-6-22(7-9-23)11-24-17(27)20-16(21-24)14-5-2-10-28-14/h1-5,10H,6-9,11H2,(H,20,21,27). The zero-order valence-electron chi connectivity index (χ0n) is 15.1. The minimum atomic E-state index is -3.76. The number of hydrogen-bond acceptors (Lipinski definition) is 6. The zero-order chi connectivity index (χ0) is 20.6. The average molecular weight is 490 g/mol. The van der Waals surface area contributed by atoms with Crippen molar-refractivity contribution in [2.24, 2.45) is 0 Å². The molecule has 154 valence electrons. The van der Waals surface area contributed by atoms with E-state index in [2.05, 4.69) is 15.0 Å². The fourth-order valence-corrected chi connectivity index (χ4v) is 6.52. The fourth-order valence-electron chi connectivity index (χ4n) is 3.15. The monoisotopic (exact) mass is 489 g/mol. The molecule has 0 saturated carbocycles. The number of rotatable bonds is 5. The van der Waals surface area contributed by atoms with Gasteiger partial charge in [0.1, 0.15) is 4.90 Å². The summed E-state index contributed by atoms with van der Waals surface area (Å²) in [6.45, 7) is 2.29. The molecule has 0 aliphatic carbocycles. The van der Waals surface area contributed by atoms with Crippen molar-refractivity contribution in [2.45, 2.75) is 11.6 Å². The molecule has 0 amide bonds. The van der Waals surface area contributed by atoms with Gasteiger partial charge in [-0.15, -0.1) is 11.3 Å². The number of nitrogens with one attached hydrogen (secondary N) is 1. The third-order valence-electron chi connectivity index (χ3n) is 4.62. The van der Waals surface area contributed by atoms with Gasteiger partial charge in [-0.3, -0.25) is 10.00 Å². The Morgan fingerprint density at radius 3 is 2.41 bits per heavy atom. The lowest BCUT2D eigenvalue weighted by molar-refractivity contribution is 0.145. The highest BCUT2D eigenvalue weighted by Crippen LogP contribution is 2.32. The first-order valence-electron chi connectivity index (χ1n) is 8.73. The Kier molecular flexibility index (Phi) is 6.12. The van der Waals surface area contributed by atoms with E-state index >= 15 is 0 Å². The van der Waals surface area contributed by atoms with Crippen LogP contribution in [0.2, 0.25) is 10.0 Å². The third-order valence-corrected chi connectivity index (χ3v) is 8.67. The first-order chi connectivity index (χ1) is 13.9. The second kappa shape index (κ2) is 8.46. The predicted molar refractivity (Wildman–Crippen MR) is 118 cm³/mol. The second-order valence-electron chi connectivity index (χ2n) is 6.47. The van der Waals surface area contributed by atoms with Gasteiger partial charge in [0.05, 0.1) is 21.6 Å². The maximum atomic E-state index is 13.0. The van der Waals surface area contributed by atoms with Gasteiger partial charge in [-0.2, -0.15) is 9.29 Å². The van der Waals surface area contributed by atoms with Gasteiger partial charge >= 0.3 is 0 Å². The molecule has 1 saturated heterocycles. The summed E-state index contributed by atoms with van der Waals surface area (Å²) < 4.78 is 29.6. The normalized spacial score (nSPS) is 16.3. The van der Waals surface area contributed by atoms with Gasteiger partial charge in [0.15, 0.2) is 5.82 Å². The molecule has 0 atom stereocenters. The Morgan fingerprint density at radius 2 is 1.79 bits per heavy atom. The van der Waals surface area contributed by atoms with Crippen LogP contribution in [0, 0.1) is 4.77 Å². The maximum absolute atomic E-state index is 13.0. The lowest BCUT2D eigenvalue weighted by atomic mass is 10.4. The minimum absolute atomic E-state index is 0.0341. The van der Waals surface area contributed by atoms with Crippen LogP contribution in [0.3, 0.4) is 0 Å². The Bertz CT molecular complexity index is 1150. The molecule has 3 heterocycles.